The van der Waals surface area contributed by atoms with Gasteiger partial charge in [0.2, 0.25) is 0 Å². The molecule has 0 saturated carbocycles. The molecule has 0 aliphatic carbocycles. The predicted molar refractivity (Wildman–Crippen MR) is 69.8 cm³/mol. The van der Waals surface area contributed by atoms with Gasteiger partial charge in [-0.05, 0) is 18.8 Å². The Morgan fingerprint density at radius 1 is 1.18 bits per heavy atom. The van der Waals surface area contributed by atoms with Gasteiger partial charge in [0.15, 0.2) is 0 Å². The summed E-state index contributed by atoms with van der Waals surface area (Å²) in [5.41, 5.74) is 5.81. The summed E-state index contributed by atoms with van der Waals surface area (Å²) in [6.45, 7) is 11.8. The van der Waals surface area contributed by atoms with E-state index < -0.39 is 0 Å². The minimum atomic E-state index is 0.124. The molecule has 17 heavy (non-hydrogen) atoms. The number of morpholine rings is 1. The third-order valence-corrected chi connectivity index (χ3v) is 3.98. The first-order valence-electron chi connectivity index (χ1n) is 6.92. The standard InChI is InChI=1S/C13H27N3O/c1-12(2)9-16-7-8-17-13(10-16)3-5-15(11-14)6-4-13/h12H,3-11,14H2,1-2H3. The van der Waals surface area contributed by atoms with Crippen LogP contribution in [0, 0.1) is 5.92 Å². The first kappa shape index (κ1) is 13.3. The van der Waals surface area contributed by atoms with Crippen LogP contribution >= 0.6 is 0 Å². The van der Waals surface area contributed by atoms with Crippen LogP contribution in [0.5, 0.6) is 0 Å². The molecule has 2 rings (SSSR count). The Kier molecular flexibility index (Phi) is 4.42. The van der Waals surface area contributed by atoms with Crippen LogP contribution in [0.2, 0.25) is 0 Å². The van der Waals surface area contributed by atoms with E-state index in [4.69, 9.17) is 10.5 Å². The number of likely N-dealkylation sites (tertiary alicyclic amines) is 1. The molecule has 0 unspecified atom stereocenters. The number of hydrogen-bond donors (Lipinski definition) is 1. The molecule has 2 heterocycles. The van der Waals surface area contributed by atoms with Crippen molar-refractivity contribution in [2.45, 2.75) is 32.3 Å². The van der Waals surface area contributed by atoms with E-state index in [2.05, 4.69) is 23.6 Å². The summed E-state index contributed by atoms with van der Waals surface area (Å²) in [6.07, 6.45) is 2.28. The number of nitrogens with two attached hydrogens (primary N) is 1. The molecule has 0 aromatic carbocycles. The second-order valence-corrected chi connectivity index (χ2v) is 5.96. The van der Waals surface area contributed by atoms with Gasteiger partial charge in [-0.2, -0.15) is 0 Å². The molecular formula is C13H27N3O. The number of nitrogens with zero attached hydrogens (tertiary/aromatic N) is 2. The molecule has 100 valence electrons. The maximum Gasteiger partial charge on any atom is 0.0833 e. The summed E-state index contributed by atoms with van der Waals surface area (Å²) in [6, 6.07) is 0. The zero-order chi connectivity index (χ0) is 12.3. The molecular weight excluding hydrogens is 214 g/mol. The summed E-state index contributed by atoms with van der Waals surface area (Å²) < 4.78 is 6.10. The fourth-order valence-electron chi connectivity index (χ4n) is 3.04. The maximum absolute atomic E-state index is 6.10. The van der Waals surface area contributed by atoms with Crippen LogP contribution in [0.25, 0.3) is 0 Å². The Morgan fingerprint density at radius 2 is 1.88 bits per heavy atom. The lowest BCUT2D eigenvalue weighted by Crippen LogP contribution is -2.57. The van der Waals surface area contributed by atoms with Crippen molar-refractivity contribution in [2.75, 3.05) is 46.0 Å². The molecule has 0 amide bonds. The SMILES string of the molecule is CC(C)CN1CCOC2(CCN(CN)CC2)C1. The van der Waals surface area contributed by atoms with E-state index in [0.717, 1.165) is 51.5 Å². The number of piperidine rings is 1. The van der Waals surface area contributed by atoms with E-state index in [1.165, 1.54) is 6.54 Å². The molecule has 2 aliphatic heterocycles. The normalized spacial score (nSPS) is 26.8. The van der Waals surface area contributed by atoms with Crippen LogP contribution in [0.3, 0.4) is 0 Å². The Hall–Kier alpha value is -0.160. The summed E-state index contributed by atoms with van der Waals surface area (Å²) in [4.78, 5) is 4.89. The molecule has 2 fully saturated rings. The van der Waals surface area contributed by atoms with Crippen LogP contribution in [0.15, 0.2) is 0 Å². The topological polar surface area (TPSA) is 41.7 Å². The molecule has 0 radical (unpaired) electrons. The van der Waals surface area contributed by atoms with Gasteiger partial charge < -0.3 is 10.5 Å². The Balaban J connectivity index is 1.88. The van der Waals surface area contributed by atoms with Gasteiger partial charge in [0, 0.05) is 39.4 Å². The fourth-order valence-corrected chi connectivity index (χ4v) is 3.04. The molecule has 2 saturated heterocycles. The Morgan fingerprint density at radius 3 is 2.47 bits per heavy atom. The van der Waals surface area contributed by atoms with Gasteiger partial charge in [-0.25, -0.2) is 0 Å². The highest BCUT2D eigenvalue weighted by Crippen LogP contribution is 2.30. The largest absolute Gasteiger partial charge is 0.372 e. The van der Waals surface area contributed by atoms with Crippen LogP contribution in [0.4, 0.5) is 0 Å². The van der Waals surface area contributed by atoms with E-state index >= 15 is 0 Å². The zero-order valence-corrected chi connectivity index (χ0v) is 11.3. The van der Waals surface area contributed by atoms with Crippen molar-refractivity contribution in [3.05, 3.63) is 0 Å². The van der Waals surface area contributed by atoms with E-state index in [1.54, 1.807) is 0 Å². The molecule has 2 aliphatic rings. The Bertz CT molecular complexity index is 237. The number of hydrogen-bond acceptors (Lipinski definition) is 4. The van der Waals surface area contributed by atoms with E-state index in [1.807, 2.05) is 0 Å². The van der Waals surface area contributed by atoms with Crippen molar-refractivity contribution in [3.63, 3.8) is 0 Å². The van der Waals surface area contributed by atoms with E-state index in [9.17, 15) is 0 Å². The minimum absolute atomic E-state index is 0.124. The van der Waals surface area contributed by atoms with Crippen molar-refractivity contribution in [3.8, 4) is 0 Å². The van der Waals surface area contributed by atoms with E-state index in [0.29, 0.717) is 6.67 Å². The van der Waals surface area contributed by atoms with Crippen molar-refractivity contribution < 1.29 is 4.74 Å². The van der Waals surface area contributed by atoms with Gasteiger partial charge >= 0.3 is 0 Å². The van der Waals surface area contributed by atoms with Crippen molar-refractivity contribution in [1.29, 1.82) is 0 Å². The fraction of sp³-hybridized carbons (Fsp3) is 1.00. The average molecular weight is 241 g/mol. The molecule has 0 bridgehead atoms. The van der Waals surface area contributed by atoms with Crippen molar-refractivity contribution in [2.24, 2.45) is 11.7 Å². The smallest absolute Gasteiger partial charge is 0.0833 e. The van der Waals surface area contributed by atoms with Gasteiger partial charge in [-0.3, -0.25) is 9.80 Å². The van der Waals surface area contributed by atoms with Gasteiger partial charge in [-0.15, -0.1) is 0 Å². The molecule has 4 nitrogen and oxygen atoms in total. The number of ether oxygens (including phenoxy) is 1. The monoisotopic (exact) mass is 241 g/mol. The summed E-state index contributed by atoms with van der Waals surface area (Å²) in [7, 11) is 0. The third-order valence-electron chi connectivity index (χ3n) is 3.98. The van der Waals surface area contributed by atoms with Crippen LogP contribution in [0.1, 0.15) is 26.7 Å². The van der Waals surface area contributed by atoms with E-state index in [-0.39, 0.29) is 5.60 Å². The maximum atomic E-state index is 6.10. The highest BCUT2D eigenvalue weighted by atomic mass is 16.5. The lowest BCUT2D eigenvalue weighted by Gasteiger charge is -2.47. The molecule has 2 N–H and O–H groups in total. The average Bonchev–Trinajstić information content (AvgIpc) is 2.29. The van der Waals surface area contributed by atoms with Crippen molar-refractivity contribution >= 4 is 0 Å². The third kappa shape index (κ3) is 3.41. The number of rotatable bonds is 3. The minimum Gasteiger partial charge on any atom is -0.372 e. The lowest BCUT2D eigenvalue weighted by atomic mass is 9.89. The summed E-state index contributed by atoms with van der Waals surface area (Å²) in [5.74, 6) is 0.745. The molecule has 4 heteroatoms. The summed E-state index contributed by atoms with van der Waals surface area (Å²) >= 11 is 0. The summed E-state index contributed by atoms with van der Waals surface area (Å²) in [5, 5.41) is 0. The van der Waals surface area contributed by atoms with Gasteiger partial charge in [0.25, 0.3) is 0 Å². The molecule has 0 aromatic heterocycles. The lowest BCUT2D eigenvalue weighted by molar-refractivity contribution is -0.137. The molecule has 0 aromatic rings. The van der Waals surface area contributed by atoms with Gasteiger partial charge in [0.05, 0.1) is 12.2 Å². The van der Waals surface area contributed by atoms with Crippen LogP contribution in [-0.4, -0.2) is 61.4 Å². The van der Waals surface area contributed by atoms with Crippen LogP contribution < -0.4 is 5.73 Å². The van der Waals surface area contributed by atoms with Crippen molar-refractivity contribution in [1.82, 2.24) is 9.80 Å². The molecule has 1 spiro atoms. The zero-order valence-electron chi connectivity index (χ0n) is 11.3. The van der Waals surface area contributed by atoms with Gasteiger partial charge in [0.1, 0.15) is 0 Å². The highest BCUT2D eigenvalue weighted by Gasteiger charge is 2.39. The van der Waals surface area contributed by atoms with Gasteiger partial charge in [-0.1, -0.05) is 13.8 Å². The quantitative estimate of drug-likeness (QED) is 0.791. The first-order chi connectivity index (χ1) is 8.13. The predicted octanol–water partition coefficient (Wildman–Crippen LogP) is 0.725. The first-order valence-corrected chi connectivity index (χ1v) is 6.92. The Labute approximate surface area is 105 Å². The second-order valence-electron chi connectivity index (χ2n) is 5.96. The highest BCUT2D eigenvalue weighted by molar-refractivity contribution is 4.92. The van der Waals surface area contributed by atoms with Crippen LogP contribution in [-0.2, 0) is 4.74 Å². The second kappa shape index (κ2) is 5.65. The molecule has 0 atom stereocenters.